The van der Waals surface area contributed by atoms with Gasteiger partial charge in [0.1, 0.15) is 0 Å². The van der Waals surface area contributed by atoms with Gasteiger partial charge in [-0.15, -0.1) is 0 Å². The topological polar surface area (TPSA) is 131 Å². The van der Waals surface area contributed by atoms with Crippen molar-refractivity contribution in [1.29, 1.82) is 0 Å². The highest BCUT2D eigenvalue weighted by atomic mass is 32.2. The van der Waals surface area contributed by atoms with Crippen LogP contribution in [0.3, 0.4) is 0 Å². The maximum Gasteiger partial charge on any atom is 0.338 e. The van der Waals surface area contributed by atoms with E-state index in [9.17, 15) is 22.8 Å². The number of hydrogen-bond donors (Lipinski definition) is 2. The van der Waals surface area contributed by atoms with E-state index in [0.29, 0.717) is 4.47 Å². The van der Waals surface area contributed by atoms with Gasteiger partial charge in [0, 0.05) is 13.6 Å². The van der Waals surface area contributed by atoms with E-state index in [-0.39, 0.29) is 17.0 Å². The third-order valence-electron chi connectivity index (χ3n) is 3.85. The number of esters is 1. The van der Waals surface area contributed by atoms with Crippen molar-refractivity contribution < 1.29 is 32.4 Å². The number of rotatable bonds is 8. The van der Waals surface area contributed by atoms with Gasteiger partial charge >= 0.3 is 12.0 Å². The number of imide groups is 1. The molecule has 2 rings (SSSR count). The summed E-state index contributed by atoms with van der Waals surface area (Å²) in [5.41, 5.74) is 0.766. The zero-order valence-corrected chi connectivity index (χ0v) is 17.1. The number of benzene rings is 2. The summed E-state index contributed by atoms with van der Waals surface area (Å²) < 4.78 is 29.9. The molecule has 0 aromatic heterocycles. The first-order chi connectivity index (χ1) is 14.2. The second-order valence-corrected chi connectivity index (χ2v) is 7.85. The van der Waals surface area contributed by atoms with Gasteiger partial charge in [-0.3, -0.25) is 14.9 Å². The molecule has 3 amide bonds. The fourth-order valence-corrected chi connectivity index (χ4v) is 3.25. The van der Waals surface area contributed by atoms with E-state index in [1.54, 1.807) is 0 Å². The number of hydrogen-bond acceptors (Lipinski definition) is 7. The first kappa shape index (κ1) is 23.0. The monoisotopic (exact) mass is 435 g/mol. The second-order valence-electron chi connectivity index (χ2n) is 5.92. The predicted octanol–water partition coefficient (Wildman–Crippen LogP) is 1.05. The van der Waals surface area contributed by atoms with Crippen molar-refractivity contribution >= 4 is 27.9 Å². The third-order valence-corrected chi connectivity index (χ3v) is 5.52. The van der Waals surface area contributed by atoms with Gasteiger partial charge in [0.25, 0.3) is 15.9 Å². The molecule has 0 aliphatic rings. The lowest BCUT2D eigenvalue weighted by Gasteiger charge is -2.14. The molecule has 2 N–H and O–H groups in total. The quantitative estimate of drug-likeness (QED) is 0.468. The minimum atomic E-state index is -3.95. The molecule has 0 atom stereocenters. The van der Waals surface area contributed by atoms with Crippen molar-refractivity contribution in [2.45, 2.75) is 11.4 Å². The van der Waals surface area contributed by atoms with Crippen LogP contribution in [-0.2, 0) is 30.9 Å². The van der Waals surface area contributed by atoms with Gasteiger partial charge < -0.3 is 10.1 Å². The van der Waals surface area contributed by atoms with E-state index < -0.39 is 34.5 Å². The summed E-state index contributed by atoms with van der Waals surface area (Å²) in [6, 6.07) is 13.4. The largest absolute Gasteiger partial charge is 0.452 e. The summed E-state index contributed by atoms with van der Waals surface area (Å²) in [4.78, 5) is 40.1. The van der Waals surface area contributed by atoms with Crippen LogP contribution in [0.25, 0.3) is 0 Å². The molecule has 11 heteroatoms. The Bertz CT molecular complexity index is 1010. The molecule has 0 spiro atoms. The van der Waals surface area contributed by atoms with E-state index in [1.165, 1.54) is 32.4 Å². The number of carbonyl (C=O) groups is 3. The van der Waals surface area contributed by atoms with Gasteiger partial charge in [-0.2, -0.15) is 0 Å². The van der Waals surface area contributed by atoms with Crippen LogP contribution in [0.5, 0.6) is 0 Å². The van der Waals surface area contributed by atoms with Crippen LogP contribution in [0, 0.1) is 0 Å². The molecule has 0 saturated carbocycles. The smallest absolute Gasteiger partial charge is 0.338 e. The molecule has 2 aromatic carbocycles. The molecule has 10 nitrogen and oxygen atoms in total. The highest BCUT2D eigenvalue weighted by Gasteiger charge is 2.22. The molecule has 160 valence electrons. The summed E-state index contributed by atoms with van der Waals surface area (Å²) in [6.07, 6.45) is 0. The number of amides is 3. The van der Waals surface area contributed by atoms with Crippen LogP contribution in [-0.4, -0.2) is 51.6 Å². The SMILES string of the molecule is CON(C)S(=O)(=O)c1cccc(C(=O)OCC(=O)NC(=O)NCc2ccccc2)c1. The van der Waals surface area contributed by atoms with Crippen LogP contribution in [0.2, 0.25) is 0 Å². The predicted molar refractivity (Wildman–Crippen MR) is 106 cm³/mol. The molecule has 0 aliphatic heterocycles. The van der Waals surface area contributed by atoms with Gasteiger partial charge in [0.15, 0.2) is 6.61 Å². The Balaban J connectivity index is 1.87. The Labute approximate surface area is 173 Å². The fourth-order valence-electron chi connectivity index (χ4n) is 2.23. The van der Waals surface area contributed by atoms with Crippen LogP contribution in [0.4, 0.5) is 4.79 Å². The van der Waals surface area contributed by atoms with Gasteiger partial charge in [-0.1, -0.05) is 40.9 Å². The molecule has 0 bridgehead atoms. The fraction of sp³-hybridized carbons (Fsp3) is 0.211. The van der Waals surface area contributed by atoms with Crippen molar-refractivity contribution in [3.8, 4) is 0 Å². The van der Waals surface area contributed by atoms with E-state index in [2.05, 4.69) is 10.2 Å². The summed E-state index contributed by atoms with van der Waals surface area (Å²) in [6.45, 7) is -0.497. The third kappa shape index (κ3) is 6.37. The normalized spacial score (nSPS) is 11.0. The first-order valence-electron chi connectivity index (χ1n) is 8.66. The number of carbonyl (C=O) groups excluding carboxylic acids is 3. The van der Waals surface area contributed by atoms with Crippen molar-refractivity contribution in [3.05, 3.63) is 65.7 Å². The van der Waals surface area contributed by atoms with Crippen LogP contribution < -0.4 is 10.6 Å². The zero-order chi connectivity index (χ0) is 22.1. The van der Waals surface area contributed by atoms with Crippen LogP contribution in [0.1, 0.15) is 15.9 Å². The maximum absolute atomic E-state index is 12.2. The van der Waals surface area contributed by atoms with E-state index in [1.807, 2.05) is 35.6 Å². The maximum atomic E-state index is 12.2. The van der Waals surface area contributed by atoms with E-state index in [4.69, 9.17) is 4.74 Å². The standard InChI is InChI=1S/C19H21N3O7S/c1-22(28-2)30(26,27)16-10-6-9-15(11-16)18(24)29-13-17(23)21-19(25)20-12-14-7-4-3-5-8-14/h3-11H,12-13H2,1-2H3,(H2,20,21,23,25). The van der Waals surface area contributed by atoms with E-state index in [0.717, 1.165) is 11.6 Å². The molecular formula is C19H21N3O7S. The lowest BCUT2D eigenvalue weighted by atomic mass is 10.2. The van der Waals surface area contributed by atoms with Crippen molar-refractivity contribution in [3.63, 3.8) is 0 Å². The Morgan fingerprint density at radius 2 is 1.73 bits per heavy atom. The van der Waals surface area contributed by atoms with E-state index >= 15 is 0 Å². The number of nitrogens with one attached hydrogen (secondary N) is 2. The highest BCUT2D eigenvalue weighted by Crippen LogP contribution is 2.16. The molecule has 0 unspecified atom stereocenters. The number of ether oxygens (including phenoxy) is 1. The summed E-state index contributed by atoms with van der Waals surface area (Å²) in [7, 11) is -1.56. The van der Waals surface area contributed by atoms with Gasteiger partial charge in [-0.25, -0.2) is 18.0 Å². The van der Waals surface area contributed by atoms with Crippen molar-refractivity contribution in [1.82, 2.24) is 15.1 Å². The first-order valence-corrected chi connectivity index (χ1v) is 10.1. The summed E-state index contributed by atoms with van der Waals surface area (Å²) in [5.74, 6) is -1.76. The van der Waals surface area contributed by atoms with Crippen LogP contribution >= 0.6 is 0 Å². The molecule has 0 aliphatic carbocycles. The Morgan fingerprint density at radius 1 is 1.03 bits per heavy atom. The Morgan fingerprint density at radius 3 is 2.40 bits per heavy atom. The lowest BCUT2D eigenvalue weighted by Crippen LogP contribution is -2.41. The summed E-state index contributed by atoms with van der Waals surface area (Å²) >= 11 is 0. The van der Waals surface area contributed by atoms with Gasteiger partial charge in [-0.05, 0) is 23.8 Å². The highest BCUT2D eigenvalue weighted by molar-refractivity contribution is 7.89. The number of nitrogens with zero attached hydrogens (tertiary/aromatic N) is 1. The molecule has 30 heavy (non-hydrogen) atoms. The molecule has 2 aromatic rings. The Kier molecular flexibility index (Phi) is 8.04. The molecule has 0 fully saturated rings. The van der Waals surface area contributed by atoms with Gasteiger partial charge in [0.2, 0.25) is 0 Å². The zero-order valence-electron chi connectivity index (χ0n) is 16.3. The summed E-state index contributed by atoms with van der Waals surface area (Å²) in [5, 5.41) is 4.52. The number of hydroxylamine groups is 1. The average molecular weight is 435 g/mol. The van der Waals surface area contributed by atoms with Crippen LogP contribution in [0.15, 0.2) is 59.5 Å². The minimum absolute atomic E-state index is 0.0816. The molecular weight excluding hydrogens is 414 g/mol. The van der Waals surface area contributed by atoms with Crippen molar-refractivity contribution in [2.24, 2.45) is 0 Å². The minimum Gasteiger partial charge on any atom is -0.452 e. The van der Waals surface area contributed by atoms with Gasteiger partial charge in [0.05, 0.1) is 17.6 Å². The molecule has 0 saturated heterocycles. The lowest BCUT2D eigenvalue weighted by molar-refractivity contribution is -0.123. The molecule has 0 heterocycles. The second kappa shape index (κ2) is 10.5. The number of urea groups is 1. The van der Waals surface area contributed by atoms with Crippen molar-refractivity contribution in [2.75, 3.05) is 20.8 Å². The number of sulfonamides is 1. The average Bonchev–Trinajstić information content (AvgIpc) is 2.76. The molecule has 0 radical (unpaired) electrons. The Hall–Kier alpha value is -3.28.